The van der Waals surface area contributed by atoms with Gasteiger partial charge in [-0.05, 0) is 32.0 Å². The number of nitrogens with one attached hydrogen (secondary N) is 2. The van der Waals surface area contributed by atoms with E-state index in [4.69, 9.17) is 5.11 Å². The maximum atomic E-state index is 13.6. The van der Waals surface area contributed by atoms with Gasteiger partial charge in [0.05, 0.1) is 6.61 Å². The van der Waals surface area contributed by atoms with Gasteiger partial charge in [-0.3, -0.25) is 0 Å². The Kier molecular flexibility index (Phi) is 6.54. The summed E-state index contributed by atoms with van der Waals surface area (Å²) in [6, 6.07) is 4.17. The fourth-order valence-electron chi connectivity index (χ4n) is 1.50. The molecule has 0 bridgehead atoms. The molecule has 5 heteroatoms. The molecule has 0 aliphatic rings. The summed E-state index contributed by atoms with van der Waals surface area (Å²) in [7, 11) is 0. The van der Waals surface area contributed by atoms with E-state index in [-0.39, 0.29) is 31.0 Å². The van der Waals surface area contributed by atoms with E-state index in [0.717, 1.165) is 0 Å². The van der Waals surface area contributed by atoms with Gasteiger partial charge in [-0.2, -0.15) is 0 Å². The first-order chi connectivity index (χ1) is 9.52. The molecule has 0 saturated carbocycles. The third-order valence-electron chi connectivity index (χ3n) is 2.37. The van der Waals surface area contributed by atoms with Crippen LogP contribution in [0.2, 0.25) is 0 Å². The van der Waals surface area contributed by atoms with E-state index < -0.39 is 0 Å². The van der Waals surface area contributed by atoms with Crippen molar-refractivity contribution in [1.29, 1.82) is 0 Å². The molecule has 1 aromatic carbocycles. The molecule has 0 unspecified atom stereocenters. The van der Waals surface area contributed by atoms with E-state index >= 15 is 0 Å². The zero-order chi connectivity index (χ0) is 15.0. The van der Waals surface area contributed by atoms with Crippen LogP contribution < -0.4 is 10.6 Å². The van der Waals surface area contributed by atoms with Gasteiger partial charge < -0.3 is 15.7 Å². The summed E-state index contributed by atoms with van der Waals surface area (Å²) in [4.78, 5) is 11.4. The zero-order valence-corrected chi connectivity index (χ0v) is 11.7. The van der Waals surface area contributed by atoms with Crippen molar-refractivity contribution in [3.63, 3.8) is 0 Å². The highest BCUT2D eigenvalue weighted by Gasteiger charge is 2.06. The van der Waals surface area contributed by atoms with Crippen molar-refractivity contribution in [1.82, 2.24) is 10.6 Å². The number of urea groups is 1. The first-order valence-electron chi connectivity index (χ1n) is 6.45. The number of hydrogen-bond acceptors (Lipinski definition) is 2. The number of hydrogen-bond donors (Lipinski definition) is 3. The van der Waals surface area contributed by atoms with Crippen molar-refractivity contribution < 1.29 is 14.3 Å². The van der Waals surface area contributed by atoms with Crippen LogP contribution in [0, 0.1) is 17.7 Å². The molecule has 0 saturated heterocycles. The minimum Gasteiger partial charge on any atom is -0.395 e. The molecular weight excluding hydrogens is 259 g/mol. The summed E-state index contributed by atoms with van der Waals surface area (Å²) < 4.78 is 13.6. The summed E-state index contributed by atoms with van der Waals surface area (Å²) in [5.74, 6) is 5.21. The Morgan fingerprint density at radius 1 is 1.45 bits per heavy atom. The van der Waals surface area contributed by atoms with Crippen LogP contribution in [-0.4, -0.2) is 23.8 Å². The average Bonchev–Trinajstić information content (AvgIpc) is 2.38. The molecule has 0 aliphatic heterocycles. The molecule has 0 heterocycles. The Morgan fingerprint density at radius 2 is 2.20 bits per heavy atom. The molecule has 20 heavy (non-hydrogen) atoms. The molecule has 108 valence electrons. The average molecular weight is 278 g/mol. The van der Waals surface area contributed by atoms with Crippen molar-refractivity contribution in [2.24, 2.45) is 0 Å². The van der Waals surface area contributed by atoms with Gasteiger partial charge in [-0.15, -0.1) is 0 Å². The van der Waals surface area contributed by atoms with Gasteiger partial charge in [-0.1, -0.05) is 11.8 Å². The molecule has 0 fully saturated rings. The largest absolute Gasteiger partial charge is 0.395 e. The smallest absolute Gasteiger partial charge is 0.315 e. The van der Waals surface area contributed by atoms with Crippen molar-refractivity contribution in [2.45, 2.75) is 32.9 Å². The molecule has 0 aliphatic carbocycles. The van der Waals surface area contributed by atoms with Crippen LogP contribution in [0.3, 0.4) is 0 Å². The Hall–Kier alpha value is -2.06. The molecule has 2 amide bonds. The van der Waals surface area contributed by atoms with Gasteiger partial charge in [0.2, 0.25) is 0 Å². The molecule has 0 atom stereocenters. The van der Waals surface area contributed by atoms with Gasteiger partial charge in [0.25, 0.3) is 0 Å². The number of aliphatic hydroxyl groups is 1. The molecular formula is C15H19FN2O2. The number of rotatable bonds is 4. The Balaban J connectivity index is 2.68. The molecule has 1 rings (SSSR count). The van der Waals surface area contributed by atoms with Crippen LogP contribution >= 0.6 is 0 Å². The predicted molar refractivity (Wildman–Crippen MR) is 75.5 cm³/mol. The van der Waals surface area contributed by atoms with Crippen LogP contribution in [0.25, 0.3) is 0 Å². The van der Waals surface area contributed by atoms with Crippen molar-refractivity contribution in [2.75, 3.05) is 6.61 Å². The van der Waals surface area contributed by atoms with E-state index in [1.165, 1.54) is 6.07 Å². The summed E-state index contributed by atoms with van der Waals surface area (Å²) in [6.45, 7) is 3.78. The summed E-state index contributed by atoms with van der Waals surface area (Å²) in [5, 5.41) is 13.9. The number of carbonyl (C=O) groups excluding carboxylic acids is 1. The first kappa shape index (κ1) is 16.0. The van der Waals surface area contributed by atoms with Gasteiger partial charge in [0.1, 0.15) is 5.82 Å². The van der Waals surface area contributed by atoms with Crippen LogP contribution in [0.4, 0.5) is 9.18 Å². The SMILES string of the molecule is CC(C)NC(=O)NCc1cc(C#CCCO)ccc1F. The van der Waals surface area contributed by atoms with E-state index in [1.54, 1.807) is 12.1 Å². The number of halogens is 1. The van der Waals surface area contributed by atoms with E-state index in [0.29, 0.717) is 17.5 Å². The highest BCUT2D eigenvalue weighted by Crippen LogP contribution is 2.09. The van der Waals surface area contributed by atoms with Crippen LogP contribution in [0.5, 0.6) is 0 Å². The highest BCUT2D eigenvalue weighted by molar-refractivity contribution is 5.74. The predicted octanol–water partition coefficient (Wildman–Crippen LogP) is 1.77. The third-order valence-corrected chi connectivity index (χ3v) is 2.37. The lowest BCUT2D eigenvalue weighted by molar-refractivity contribution is 0.238. The Morgan fingerprint density at radius 3 is 2.85 bits per heavy atom. The molecule has 0 spiro atoms. The van der Waals surface area contributed by atoms with Crippen molar-refractivity contribution >= 4 is 6.03 Å². The van der Waals surface area contributed by atoms with Gasteiger partial charge in [-0.25, -0.2) is 9.18 Å². The number of amides is 2. The Labute approximate surface area is 118 Å². The van der Waals surface area contributed by atoms with Gasteiger partial charge >= 0.3 is 6.03 Å². The fourth-order valence-corrected chi connectivity index (χ4v) is 1.50. The van der Waals surface area contributed by atoms with Crippen molar-refractivity contribution in [3.8, 4) is 11.8 Å². The second-order valence-electron chi connectivity index (χ2n) is 4.56. The minimum atomic E-state index is -0.387. The lowest BCUT2D eigenvalue weighted by Gasteiger charge is -2.10. The van der Waals surface area contributed by atoms with Gasteiger partial charge in [0, 0.05) is 30.1 Å². The topological polar surface area (TPSA) is 61.4 Å². The van der Waals surface area contributed by atoms with E-state index in [2.05, 4.69) is 22.5 Å². The van der Waals surface area contributed by atoms with Crippen molar-refractivity contribution in [3.05, 3.63) is 35.1 Å². The van der Waals surface area contributed by atoms with E-state index in [9.17, 15) is 9.18 Å². The van der Waals surface area contributed by atoms with Crippen LogP contribution in [0.15, 0.2) is 18.2 Å². The normalized spacial score (nSPS) is 9.85. The lowest BCUT2D eigenvalue weighted by Crippen LogP contribution is -2.39. The third kappa shape index (κ3) is 5.72. The van der Waals surface area contributed by atoms with Gasteiger partial charge in [0.15, 0.2) is 0 Å². The first-order valence-corrected chi connectivity index (χ1v) is 6.45. The van der Waals surface area contributed by atoms with E-state index in [1.807, 2.05) is 13.8 Å². The standard InChI is InChI=1S/C15H19FN2O2/c1-11(2)18-15(20)17-10-13-9-12(5-3-4-8-19)6-7-14(13)16/h6-7,9,11,19H,4,8,10H2,1-2H3,(H2,17,18,20). The summed E-state index contributed by atoms with van der Waals surface area (Å²) in [6.07, 6.45) is 0.377. The summed E-state index contributed by atoms with van der Waals surface area (Å²) in [5.41, 5.74) is 1.03. The molecule has 1 aromatic rings. The second-order valence-corrected chi connectivity index (χ2v) is 4.56. The van der Waals surface area contributed by atoms with Crippen LogP contribution in [0.1, 0.15) is 31.4 Å². The fraction of sp³-hybridized carbons (Fsp3) is 0.400. The zero-order valence-electron chi connectivity index (χ0n) is 11.7. The van der Waals surface area contributed by atoms with Crippen LogP contribution in [-0.2, 0) is 6.54 Å². The molecule has 3 N–H and O–H groups in total. The number of aliphatic hydroxyl groups excluding tert-OH is 1. The minimum absolute atomic E-state index is 0.00200. The number of benzene rings is 1. The lowest BCUT2D eigenvalue weighted by atomic mass is 10.1. The number of carbonyl (C=O) groups is 1. The monoisotopic (exact) mass is 278 g/mol. The second kappa shape index (κ2) is 8.18. The maximum Gasteiger partial charge on any atom is 0.315 e. The highest BCUT2D eigenvalue weighted by atomic mass is 19.1. The molecule has 4 nitrogen and oxygen atoms in total. The summed E-state index contributed by atoms with van der Waals surface area (Å²) >= 11 is 0. The molecule has 0 aromatic heterocycles. The molecule has 0 radical (unpaired) electrons. The quantitative estimate of drug-likeness (QED) is 0.735. The Bertz CT molecular complexity index is 518. The maximum absolute atomic E-state index is 13.6.